The molecule has 6 nitrogen and oxygen atoms in total. The van der Waals surface area contributed by atoms with E-state index in [2.05, 4.69) is 5.32 Å². The van der Waals surface area contributed by atoms with Gasteiger partial charge < -0.3 is 20.1 Å². The molecule has 3 rings (SSSR count). The molecule has 0 aliphatic heterocycles. The lowest BCUT2D eigenvalue weighted by molar-refractivity contribution is -0.147. The highest BCUT2D eigenvalue weighted by atomic mass is 16.5. The van der Waals surface area contributed by atoms with Crippen LogP contribution in [0.2, 0.25) is 0 Å². The molecule has 1 aliphatic carbocycles. The van der Waals surface area contributed by atoms with Gasteiger partial charge >= 0.3 is 12.0 Å². The van der Waals surface area contributed by atoms with Gasteiger partial charge in [0.25, 0.3) is 0 Å². The van der Waals surface area contributed by atoms with E-state index in [1.807, 2.05) is 61.5 Å². The number of benzene rings is 2. The predicted molar refractivity (Wildman–Crippen MR) is 106 cm³/mol. The first-order valence-corrected chi connectivity index (χ1v) is 9.67. The fourth-order valence-electron chi connectivity index (χ4n) is 3.38. The van der Waals surface area contributed by atoms with Gasteiger partial charge in [-0.3, -0.25) is 4.79 Å². The Hall–Kier alpha value is -3.02. The number of carboxylic acids is 1. The summed E-state index contributed by atoms with van der Waals surface area (Å²) in [5.74, 6) is 0.228. The topological polar surface area (TPSA) is 78.9 Å². The summed E-state index contributed by atoms with van der Waals surface area (Å²) in [6.45, 7) is 2.93. The van der Waals surface area contributed by atoms with E-state index < -0.39 is 11.9 Å². The van der Waals surface area contributed by atoms with Crippen molar-refractivity contribution in [3.05, 3.63) is 60.2 Å². The van der Waals surface area contributed by atoms with Crippen LogP contribution in [0.4, 0.5) is 4.79 Å². The molecule has 2 aromatic carbocycles. The van der Waals surface area contributed by atoms with E-state index in [-0.39, 0.29) is 12.1 Å². The van der Waals surface area contributed by atoms with Crippen molar-refractivity contribution in [2.75, 3.05) is 6.54 Å². The van der Waals surface area contributed by atoms with Crippen molar-refractivity contribution in [3.8, 4) is 11.5 Å². The standard InChI is InChI=1S/C22H26N2O4/c1-2-14-24(20-13-12-19(20)21(25)26)22(27)23-15-16-8-10-18(11-9-16)28-17-6-4-3-5-7-17/h3-11,19-20H,2,12-15H2,1H3,(H,23,27)(H,25,26). The van der Waals surface area contributed by atoms with Gasteiger partial charge in [-0.1, -0.05) is 37.3 Å². The third-order valence-corrected chi connectivity index (χ3v) is 5.03. The molecule has 0 radical (unpaired) electrons. The van der Waals surface area contributed by atoms with Crippen molar-refractivity contribution in [2.45, 2.75) is 38.8 Å². The Labute approximate surface area is 165 Å². The molecule has 1 saturated carbocycles. The Morgan fingerprint density at radius 1 is 1.07 bits per heavy atom. The molecule has 1 aliphatic rings. The maximum atomic E-state index is 12.6. The van der Waals surface area contributed by atoms with Crippen molar-refractivity contribution >= 4 is 12.0 Å². The maximum absolute atomic E-state index is 12.6. The molecule has 0 aromatic heterocycles. The van der Waals surface area contributed by atoms with E-state index in [1.54, 1.807) is 4.90 Å². The summed E-state index contributed by atoms with van der Waals surface area (Å²) in [4.78, 5) is 25.6. The number of nitrogens with zero attached hydrogens (tertiary/aromatic N) is 1. The van der Waals surface area contributed by atoms with Crippen LogP contribution in [0, 0.1) is 5.92 Å². The minimum absolute atomic E-state index is 0.206. The number of carboxylic acid groups (broad SMARTS) is 1. The van der Waals surface area contributed by atoms with Crippen LogP contribution in [0.25, 0.3) is 0 Å². The largest absolute Gasteiger partial charge is 0.481 e. The summed E-state index contributed by atoms with van der Waals surface area (Å²) < 4.78 is 5.77. The average Bonchev–Trinajstić information content (AvgIpc) is 2.66. The molecule has 0 bridgehead atoms. The molecule has 1 fully saturated rings. The van der Waals surface area contributed by atoms with E-state index in [4.69, 9.17) is 4.74 Å². The minimum atomic E-state index is -0.820. The summed E-state index contributed by atoms with van der Waals surface area (Å²) in [7, 11) is 0. The highest BCUT2D eigenvalue weighted by Crippen LogP contribution is 2.32. The Kier molecular flexibility index (Phi) is 6.53. The minimum Gasteiger partial charge on any atom is -0.481 e. The Balaban J connectivity index is 1.55. The normalized spacial score (nSPS) is 18.0. The molecule has 2 amide bonds. The van der Waals surface area contributed by atoms with E-state index in [1.165, 1.54) is 0 Å². The predicted octanol–water partition coefficient (Wildman–Crippen LogP) is 4.26. The van der Waals surface area contributed by atoms with Gasteiger partial charge in [-0.05, 0) is 49.1 Å². The smallest absolute Gasteiger partial charge is 0.317 e. The number of hydrogen-bond acceptors (Lipinski definition) is 3. The lowest BCUT2D eigenvalue weighted by Gasteiger charge is -2.42. The number of carbonyl (C=O) groups excluding carboxylic acids is 1. The molecule has 0 spiro atoms. The molecule has 2 unspecified atom stereocenters. The molecule has 2 aromatic rings. The zero-order valence-corrected chi connectivity index (χ0v) is 16.0. The van der Waals surface area contributed by atoms with Gasteiger partial charge in [0, 0.05) is 19.1 Å². The molecule has 0 saturated heterocycles. The van der Waals surface area contributed by atoms with Crippen LogP contribution < -0.4 is 10.1 Å². The number of nitrogens with one attached hydrogen (secondary N) is 1. The zero-order valence-electron chi connectivity index (χ0n) is 16.0. The molecule has 148 valence electrons. The van der Waals surface area contributed by atoms with Crippen LogP contribution in [0.15, 0.2) is 54.6 Å². The van der Waals surface area contributed by atoms with Crippen molar-refractivity contribution in [2.24, 2.45) is 5.92 Å². The second kappa shape index (κ2) is 9.26. The second-order valence-corrected chi connectivity index (χ2v) is 7.00. The van der Waals surface area contributed by atoms with Crippen LogP contribution >= 0.6 is 0 Å². The third-order valence-electron chi connectivity index (χ3n) is 5.03. The Morgan fingerprint density at radius 3 is 2.32 bits per heavy atom. The second-order valence-electron chi connectivity index (χ2n) is 7.00. The lowest BCUT2D eigenvalue weighted by atomic mass is 9.78. The summed E-state index contributed by atoms with van der Waals surface area (Å²) >= 11 is 0. The number of hydrogen-bond donors (Lipinski definition) is 2. The van der Waals surface area contributed by atoms with Gasteiger partial charge in [0.05, 0.1) is 5.92 Å². The van der Waals surface area contributed by atoms with Crippen molar-refractivity contribution in [1.82, 2.24) is 10.2 Å². The first-order chi connectivity index (χ1) is 13.6. The molecule has 28 heavy (non-hydrogen) atoms. The average molecular weight is 382 g/mol. The number of aliphatic carboxylic acids is 1. The van der Waals surface area contributed by atoms with Gasteiger partial charge in [-0.2, -0.15) is 0 Å². The fourth-order valence-corrected chi connectivity index (χ4v) is 3.38. The van der Waals surface area contributed by atoms with Gasteiger partial charge in [0.2, 0.25) is 0 Å². The number of urea groups is 1. The molecule has 2 N–H and O–H groups in total. The van der Waals surface area contributed by atoms with Gasteiger partial charge in [-0.15, -0.1) is 0 Å². The third kappa shape index (κ3) is 4.82. The first kappa shape index (κ1) is 19.7. The number of rotatable bonds is 8. The molecule has 2 atom stereocenters. The zero-order chi connectivity index (χ0) is 19.9. The molecular formula is C22H26N2O4. The quantitative estimate of drug-likeness (QED) is 0.715. The SMILES string of the molecule is CCCN(C(=O)NCc1ccc(Oc2ccccc2)cc1)C1CCC1C(=O)O. The fraction of sp³-hybridized carbons (Fsp3) is 0.364. The highest BCUT2D eigenvalue weighted by molar-refractivity contribution is 5.77. The van der Waals surface area contributed by atoms with Crippen LogP contribution in [-0.2, 0) is 11.3 Å². The van der Waals surface area contributed by atoms with Gasteiger partial charge in [0.15, 0.2) is 0 Å². The van der Waals surface area contributed by atoms with Crippen LogP contribution in [0.5, 0.6) is 11.5 Å². The lowest BCUT2D eigenvalue weighted by Crippen LogP contribution is -2.55. The number of amides is 2. The Bertz CT molecular complexity index is 792. The van der Waals surface area contributed by atoms with E-state index in [0.717, 1.165) is 29.9 Å². The van der Waals surface area contributed by atoms with Crippen LogP contribution in [0.3, 0.4) is 0 Å². The van der Waals surface area contributed by atoms with Crippen molar-refractivity contribution in [1.29, 1.82) is 0 Å². The summed E-state index contributed by atoms with van der Waals surface area (Å²) in [5, 5.41) is 12.2. The maximum Gasteiger partial charge on any atom is 0.317 e. The number of ether oxygens (including phenoxy) is 1. The van der Waals surface area contributed by atoms with Crippen molar-refractivity contribution < 1.29 is 19.4 Å². The number of carbonyl (C=O) groups is 2. The summed E-state index contributed by atoms with van der Waals surface area (Å²) in [6.07, 6.45) is 2.17. The van der Waals surface area contributed by atoms with Crippen LogP contribution in [0.1, 0.15) is 31.7 Å². The van der Waals surface area contributed by atoms with E-state index in [9.17, 15) is 14.7 Å². The van der Waals surface area contributed by atoms with Gasteiger partial charge in [-0.25, -0.2) is 4.79 Å². The van der Waals surface area contributed by atoms with Crippen LogP contribution in [-0.4, -0.2) is 34.6 Å². The first-order valence-electron chi connectivity index (χ1n) is 9.67. The van der Waals surface area contributed by atoms with E-state index in [0.29, 0.717) is 19.5 Å². The summed E-state index contributed by atoms with van der Waals surface area (Å²) in [5.41, 5.74) is 0.952. The molecule has 6 heteroatoms. The Morgan fingerprint density at radius 2 is 1.75 bits per heavy atom. The summed E-state index contributed by atoms with van der Waals surface area (Å²) in [6, 6.07) is 16.7. The number of para-hydroxylation sites is 1. The molecule has 0 heterocycles. The van der Waals surface area contributed by atoms with Crippen molar-refractivity contribution in [3.63, 3.8) is 0 Å². The highest BCUT2D eigenvalue weighted by Gasteiger charge is 2.41. The van der Waals surface area contributed by atoms with E-state index >= 15 is 0 Å². The van der Waals surface area contributed by atoms with Gasteiger partial charge in [0.1, 0.15) is 11.5 Å². The molecular weight excluding hydrogens is 356 g/mol. The monoisotopic (exact) mass is 382 g/mol.